The van der Waals surface area contributed by atoms with Gasteiger partial charge in [0.25, 0.3) is 0 Å². The van der Waals surface area contributed by atoms with Crippen molar-refractivity contribution in [2.45, 2.75) is 13.5 Å². The summed E-state index contributed by atoms with van der Waals surface area (Å²) in [5.41, 5.74) is 7.89. The molecule has 0 atom stereocenters. The molecule has 0 unspecified atom stereocenters. The van der Waals surface area contributed by atoms with E-state index in [-0.39, 0.29) is 0 Å². The molecular weight excluding hydrogens is 178 g/mol. The number of hydrogen-bond donors (Lipinski definition) is 1. The van der Waals surface area contributed by atoms with E-state index in [1.54, 1.807) is 7.11 Å². The fourth-order valence-electron chi connectivity index (χ4n) is 1.23. The normalized spacial score (nSPS) is 10.2. The molecule has 0 aromatic heterocycles. The number of hydrogen-bond acceptors (Lipinski definition) is 3. The summed E-state index contributed by atoms with van der Waals surface area (Å²) in [4.78, 5) is 0. The molecule has 1 aromatic rings. The van der Waals surface area contributed by atoms with Crippen LogP contribution in [0.4, 0.5) is 0 Å². The standard InChI is InChI=1S/C11H17NO2/c1-9-7-11(14-6-5-13-2)4-3-10(9)8-12/h3-4,7H,5-6,8,12H2,1-2H3. The molecule has 3 heteroatoms. The molecule has 3 nitrogen and oxygen atoms in total. The van der Waals surface area contributed by atoms with E-state index in [9.17, 15) is 0 Å². The maximum absolute atomic E-state index is 5.56. The van der Waals surface area contributed by atoms with Gasteiger partial charge in [0.2, 0.25) is 0 Å². The SMILES string of the molecule is COCCOc1ccc(CN)c(C)c1. The quantitative estimate of drug-likeness (QED) is 0.724. The minimum Gasteiger partial charge on any atom is -0.491 e. The van der Waals surface area contributed by atoms with Crippen LogP contribution in [0, 0.1) is 6.92 Å². The van der Waals surface area contributed by atoms with Crippen LogP contribution < -0.4 is 10.5 Å². The van der Waals surface area contributed by atoms with Gasteiger partial charge < -0.3 is 15.2 Å². The number of benzene rings is 1. The van der Waals surface area contributed by atoms with Crippen molar-refractivity contribution in [1.82, 2.24) is 0 Å². The molecule has 0 amide bonds. The van der Waals surface area contributed by atoms with Gasteiger partial charge >= 0.3 is 0 Å². The highest BCUT2D eigenvalue weighted by molar-refractivity contribution is 5.34. The number of aryl methyl sites for hydroxylation is 1. The van der Waals surface area contributed by atoms with Crippen LogP contribution in [0.2, 0.25) is 0 Å². The lowest BCUT2D eigenvalue weighted by atomic mass is 10.1. The van der Waals surface area contributed by atoms with Crippen LogP contribution in [-0.4, -0.2) is 20.3 Å². The zero-order chi connectivity index (χ0) is 10.4. The Bertz CT molecular complexity index is 287. The van der Waals surface area contributed by atoms with Gasteiger partial charge in [-0.3, -0.25) is 0 Å². The first-order valence-electron chi connectivity index (χ1n) is 4.69. The average Bonchev–Trinajstić information content (AvgIpc) is 2.18. The lowest BCUT2D eigenvalue weighted by Crippen LogP contribution is -2.05. The third-order valence-electron chi connectivity index (χ3n) is 2.09. The second-order valence-electron chi connectivity index (χ2n) is 3.13. The summed E-state index contributed by atoms with van der Waals surface area (Å²) in [7, 11) is 1.66. The fraction of sp³-hybridized carbons (Fsp3) is 0.455. The Morgan fingerprint density at radius 3 is 2.64 bits per heavy atom. The van der Waals surface area contributed by atoms with Gasteiger partial charge in [0, 0.05) is 13.7 Å². The molecule has 78 valence electrons. The molecule has 0 fully saturated rings. The highest BCUT2D eigenvalue weighted by atomic mass is 16.5. The van der Waals surface area contributed by atoms with E-state index in [0.717, 1.165) is 11.3 Å². The van der Waals surface area contributed by atoms with Gasteiger partial charge in [-0.1, -0.05) is 6.07 Å². The lowest BCUT2D eigenvalue weighted by molar-refractivity contribution is 0.146. The summed E-state index contributed by atoms with van der Waals surface area (Å²) in [6, 6.07) is 5.93. The molecule has 0 bridgehead atoms. The number of rotatable bonds is 5. The monoisotopic (exact) mass is 195 g/mol. The van der Waals surface area contributed by atoms with Gasteiger partial charge in [0.1, 0.15) is 12.4 Å². The van der Waals surface area contributed by atoms with Crippen LogP contribution >= 0.6 is 0 Å². The van der Waals surface area contributed by atoms with Gasteiger partial charge in [0.05, 0.1) is 6.61 Å². The molecule has 0 aliphatic rings. The molecule has 0 heterocycles. The number of methoxy groups -OCH3 is 1. The maximum Gasteiger partial charge on any atom is 0.119 e. The van der Waals surface area contributed by atoms with Gasteiger partial charge in [0.15, 0.2) is 0 Å². The molecular formula is C11H17NO2. The second-order valence-corrected chi connectivity index (χ2v) is 3.13. The van der Waals surface area contributed by atoms with Crippen molar-refractivity contribution in [1.29, 1.82) is 0 Å². The van der Waals surface area contributed by atoms with Crippen molar-refractivity contribution in [3.8, 4) is 5.75 Å². The van der Waals surface area contributed by atoms with Crippen molar-refractivity contribution in [2.24, 2.45) is 5.73 Å². The third-order valence-corrected chi connectivity index (χ3v) is 2.09. The Hall–Kier alpha value is -1.06. The molecule has 0 radical (unpaired) electrons. The molecule has 1 aromatic carbocycles. The summed E-state index contributed by atoms with van der Waals surface area (Å²) in [6.07, 6.45) is 0. The molecule has 0 saturated carbocycles. The maximum atomic E-state index is 5.56. The van der Waals surface area contributed by atoms with Crippen molar-refractivity contribution in [3.63, 3.8) is 0 Å². The highest BCUT2D eigenvalue weighted by Crippen LogP contribution is 2.16. The minimum atomic E-state index is 0.574. The van der Waals surface area contributed by atoms with Crippen molar-refractivity contribution >= 4 is 0 Å². The molecule has 14 heavy (non-hydrogen) atoms. The van der Waals surface area contributed by atoms with E-state index in [4.69, 9.17) is 15.2 Å². The first-order valence-corrected chi connectivity index (χ1v) is 4.69. The predicted octanol–water partition coefficient (Wildman–Crippen LogP) is 1.48. The summed E-state index contributed by atoms with van der Waals surface area (Å²) in [5.74, 6) is 0.872. The van der Waals surface area contributed by atoms with Crippen molar-refractivity contribution in [2.75, 3.05) is 20.3 Å². The molecule has 0 aliphatic carbocycles. The summed E-state index contributed by atoms with van der Waals surface area (Å²) in [5, 5.41) is 0. The lowest BCUT2D eigenvalue weighted by Gasteiger charge is -2.08. The van der Waals surface area contributed by atoms with E-state index in [0.29, 0.717) is 19.8 Å². The molecule has 0 saturated heterocycles. The smallest absolute Gasteiger partial charge is 0.119 e. The summed E-state index contributed by atoms with van der Waals surface area (Å²) in [6.45, 7) is 3.80. The third kappa shape index (κ3) is 3.01. The second kappa shape index (κ2) is 5.62. The summed E-state index contributed by atoms with van der Waals surface area (Å²) >= 11 is 0. The zero-order valence-corrected chi connectivity index (χ0v) is 8.75. The Morgan fingerprint density at radius 1 is 1.29 bits per heavy atom. The van der Waals surface area contributed by atoms with E-state index in [2.05, 4.69) is 0 Å². The van der Waals surface area contributed by atoms with Gasteiger partial charge in [-0.05, 0) is 30.2 Å². The van der Waals surface area contributed by atoms with E-state index < -0.39 is 0 Å². The van der Waals surface area contributed by atoms with Crippen LogP contribution in [0.5, 0.6) is 5.75 Å². The largest absolute Gasteiger partial charge is 0.491 e. The molecule has 0 spiro atoms. The Labute approximate surface area is 84.8 Å². The van der Waals surface area contributed by atoms with Crippen LogP contribution in [0.1, 0.15) is 11.1 Å². The zero-order valence-electron chi connectivity index (χ0n) is 8.75. The summed E-state index contributed by atoms with van der Waals surface area (Å²) < 4.78 is 10.4. The van der Waals surface area contributed by atoms with Crippen LogP contribution in [0.25, 0.3) is 0 Å². The van der Waals surface area contributed by atoms with E-state index in [1.807, 2.05) is 25.1 Å². The van der Waals surface area contributed by atoms with Gasteiger partial charge in [-0.15, -0.1) is 0 Å². The Balaban J connectivity index is 2.57. The average molecular weight is 195 g/mol. The van der Waals surface area contributed by atoms with Crippen LogP contribution in [0.3, 0.4) is 0 Å². The van der Waals surface area contributed by atoms with Crippen molar-refractivity contribution < 1.29 is 9.47 Å². The first kappa shape index (κ1) is 11.0. The Morgan fingerprint density at radius 2 is 2.07 bits per heavy atom. The molecule has 1 rings (SSSR count). The molecule has 2 N–H and O–H groups in total. The van der Waals surface area contributed by atoms with E-state index in [1.165, 1.54) is 5.56 Å². The predicted molar refractivity (Wildman–Crippen MR) is 56.4 cm³/mol. The first-order chi connectivity index (χ1) is 6.77. The van der Waals surface area contributed by atoms with Gasteiger partial charge in [-0.25, -0.2) is 0 Å². The highest BCUT2D eigenvalue weighted by Gasteiger charge is 1.98. The van der Waals surface area contributed by atoms with Crippen molar-refractivity contribution in [3.05, 3.63) is 29.3 Å². The number of nitrogens with two attached hydrogens (primary N) is 1. The minimum absolute atomic E-state index is 0.574. The van der Waals surface area contributed by atoms with Gasteiger partial charge in [-0.2, -0.15) is 0 Å². The Kier molecular flexibility index (Phi) is 4.43. The topological polar surface area (TPSA) is 44.5 Å². The van der Waals surface area contributed by atoms with E-state index >= 15 is 0 Å². The van der Waals surface area contributed by atoms with Crippen LogP contribution in [0.15, 0.2) is 18.2 Å². The number of ether oxygens (including phenoxy) is 2. The fourth-order valence-corrected chi connectivity index (χ4v) is 1.23. The van der Waals surface area contributed by atoms with Crippen LogP contribution in [-0.2, 0) is 11.3 Å². The molecule has 0 aliphatic heterocycles.